The third-order valence-electron chi connectivity index (χ3n) is 4.75. The van der Waals surface area contributed by atoms with Gasteiger partial charge in [0.05, 0.1) is 17.1 Å². The van der Waals surface area contributed by atoms with Crippen molar-refractivity contribution in [1.29, 1.82) is 0 Å². The minimum absolute atomic E-state index is 0.0846. The van der Waals surface area contributed by atoms with Crippen LogP contribution in [0, 0.1) is 13.8 Å². The molecule has 0 aliphatic heterocycles. The van der Waals surface area contributed by atoms with Gasteiger partial charge in [-0.1, -0.05) is 55.6 Å². The second-order valence-corrected chi connectivity index (χ2v) is 8.54. The average molecular weight is 498 g/mol. The maximum atomic E-state index is 13.5. The van der Waals surface area contributed by atoms with Crippen molar-refractivity contribution in [2.75, 3.05) is 0 Å². The summed E-state index contributed by atoms with van der Waals surface area (Å²) in [6, 6.07) is 23.9. The summed E-state index contributed by atoms with van der Waals surface area (Å²) >= 11 is 6.94. The topological polar surface area (TPSA) is 26.9 Å². The largest absolute Gasteiger partial charge is 0.338 e. The van der Waals surface area contributed by atoms with Gasteiger partial charge in [-0.3, -0.25) is 9.13 Å². The lowest BCUT2D eigenvalue weighted by molar-refractivity contribution is 0.896. The summed E-state index contributed by atoms with van der Waals surface area (Å²) in [6.07, 6.45) is 0. The zero-order valence-electron chi connectivity index (χ0n) is 15.5. The maximum Gasteiger partial charge on any atom is 0.338 e. The summed E-state index contributed by atoms with van der Waals surface area (Å²) in [7, 11) is 0. The van der Waals surface area contributed by atoms with Crippen molar-refractivity contribution in [1.82, 2.24) is 9.13 Å². The Morgan fingerprint density at radius 1 is 0.714 bits per heavy atom. The number of rotatable bonds is 3. The SMILES string of the molecule is Cc1cccc(-c2c(C)n(-c3ccc(Br)cc3)c(=O)n2-c2ccc(Br)cc2)c1. The molecule has 5 heteroatoms. The van der Waals surface area contributed by atoms with Crippen molar-refractivity contribution in [2.45, 2.75) is 13.8 Å². The van der Waals surface area contributed by atoms with Gasteiger partial charge >= 0.3 is 5.69 Å². The quantitative estimate of drug-likeness (QED) is 0.320. The molecule has 0 fully saturated rings. The Bertz CT molecular complexity index is 1200. The molecule has 140 valence electrons. The third kappa shape index (κ3) is 3.40. The van der Waals surface area contributed by atoms with E-state index in [1.54, 1.807) is 9.13 Å². The van der Waals surface area contributed by atoms with Crippen LogP contribution in [0.5, 0.6) is 0 Å². The van der Waals surface area contributed by atoms with Crippen LogP contribution in [0.4, 0.5) is 0 Å². The van der Waals surface area contributed by atoms with Gasteiger partial charge in [-0.05, 0) is 68.4 Å². The fraction of sp³-hybridized carbons (Fsp3) is 0.0870. The van der Waals surface area contributed by atoms with Gasteiger partial charge in [-0.25, -0.2) is 4.79 Å². The predicted molar refractivity (Wildman–Crippen MR) is 122 cm³/mol. The molecule has 0 saturated carbocycles. The summed E-state index contributed by atoms with van der Waals surface area (Å²) < 4.78 is 5.52. The molecule has 3 nitrogen and oxygen atoms in total. The van der Waals surface area contributed by atoms with Crippen LogP contribution in [0.2, 0.25) is 0 Å². The number of aromatic nitrogens is 2. The highest BCUT2D eigenvalue weighted by molar-refractivity contribution is 9.10. The summed E-state index contributed by atoms with van der Waals surface area (Å²) in [6.45, 7) is 4.06. The van der Waals surface area contributed by atoms with Crippen LogP contribution in [0.15, 0.2) is 86.5 Å². The van der Waals surface area contributed by atoms with Crippen LogP contribution in [0.3, 0.4) is 0 Å². The van der Waals surface area contributed by atoms with E-state index >= 15 is 0 Å². The zero-order valence-corrected chi connectivity index (χ0v) is 18.7. The molecule has 0 aliphatic rings. The zero-order chi connectivity index (χ0) is 19.8. The van der Waals surface area contributed by atoms with Crippen LogP contribution in [0.1, 0.15) is 11.3 Å². The minimum atomic E-state index is -0.0846. The molecular weight excluding hydrogens is 480 g/mol. The van der Waals surface area contributed by atoms with Crippen molar-refractivity contribution in [2.24, 2.45) is 0 Å². The van der Waals surface area contributed by atoms with Crippen LogP contribution in [-0.4, -0.2) is 9.13 Å². The first-order valence-corrected chi connectivity index (χ1v) is 10.5. The first-order valence-electron chi connectivity index (χ1n) is 8.89. The average Bonchev–Trinajstić information content (AvgIpc) is 2.94. The Balaban J connectivity index is 2.05. The summed E-state index contributed by atoms with van der Waals surface area (Å²) in [5, 5.41) is 0. The molecule has 4 aromatic rings. The second kappa shape index (κ2) is 7.57. The van der Waals surface area contributed by atoms with Crippen LogP contribution >= 0.6 is 31.9 Å². The molecule has 0 N–H and O–H groups in total. The van der Waals surface area contributed by atoms with Gasteiger partial charge in [-0.2, -0.15) is 0 Å². The van der Waals surface area contributed by atoms with E-state index < -0.39 is 0 Å². The Labute approximate surface area is 180 Å². The van der Waals surface area contributed by atoms with Crippen molar-refractivity contribution >= 4 is 31.9 Å². The lowest BCUT2D eigenvalue weighted by Gasteiger charge is -2.09. The second-order valence-electron chi connectivity index (χ2n) is 6.71. The molecule has 0 spiro atoms. The molecule has 28 heavy (non-hydrogen) atoms. The smallest absolute Gasteiger partial charge is 0.264 e. The molecule has 0 atom stereocenters. The summed E-state index contributed by atoms with van der Waals surface area (Å²) in [5.74, 6) is 0. The van der Waals surface area contributed by atoms with Crippen molar-refractivity contribution in [3.05, 3.63) is 103 Å². The van der Waals surface area contributed by atoms with E-state index in [2.05, 4.69) is 57.0 Å². The highest BCUT2D eigenvalue weighted by Gasteiger charge is 2.20. The van der Waals surface area contributed by atoms with Gasteiger partial charge in [0.25, 0.3) is 0 Å². The summed E-state index contributed by atoms with van der Waals surface area (Å²) in [4.78, 5) is 13.5. The van der Waals surface area contributed by atoms with E-state index in [1.165, 1.54) is 0 Å². The molecule has 0 unspecified atom stereocenters. The van der Waals surface area contributed by atoms with Gasteiger partial charge in [0.2, 0.25) is 0 Å². The van der Waals surface area contributed by atoms with Gasteiger partial charge in [0.15, 0.2) is 0 Å². The van der Waals surface area contributed by atoms with Gasteiger partial charge in [0, 0.05) is 20.2 Å². The number of halogens is 2. The lowest BCUT2D eigenvalue weighted by atomic mass is 10.1. The molecule has 1 heterocycles. The van der Waals surface area contributed by atoms with E-state index in [-0.39, 0.29) is 5.69 Å². The van der Waals surface area contributed by atoms with Gasteiger partial charge in [-0.15, -0.1) is 0 Å². The molecule has 0 saturated heterocycles. The standard InChI is InChI=1S/C23H18Br2N2O/c1-15-4-3-5-17(14-15)22-16(2)26(20-10-6-18(24)7-11-20)23(28)27(22)21-12-8-19(25)9-13-21/h3-14H,1-2H3. The van der Waals surface area contributed by atoms with E-state index in [1.807, 2.05) is 61.5 Å². The first kappa shape index (κ1) is 19.0. The normalized spacial score (nSPS) is 11.0. The van der Waals surface area contributed by atoms with Crippen molar-refractivity contribution in [3.8, 4) is 22.6 Å². The van der Waals surface area contributed by atoms with Gasteiger partial charge in [0.1, 0.15) is 0 Å². The number of aryl methyl sites for hydroxylation is 1. The van der Waals surface area contributed by atoms with Crippen LogP contribution in [-0.2, 0) is 0 Å². The molecule has 0 amide bonds. The molecule has 3 aromatic carbocycles. The fourth-order valence-electron chi connectivity index (χ4n) is 3.46. The van der Waals surface area contributed by atoms with E-state index in [4.69, 9.17) is 0 Å². The summed E-state index contributed by atoms with van der Waals surface area (Å²) in [5.41, 5.74) is 5.58. The Morgan fingerprint density at radius 3 is 1.79 bits per heavy atom. The Hall–Kier alpha value is -2.37. The Morgan fingerprint density at radius 2 is 1.25 bits per heavy atom. The Kier molecular flexibility index (Phi) is 5.13. The van der Waals surface area contributed by atoms with E-state index in [0.29, 0.717) is 0 Å². The maximum absolute atomic E-state index is 13.5. The lowest BCUT2D eigenvalue weighted by Crippen LogP contribution is -2.22. The molecule has 4 rings (SSSR count). The number of imidazole rings is 1. The highest BCUT2D eigenvalue weighted by Crippen LogP contribution is 2.29. The van der Waals surface area contributed by atoms with Crippen molar-refractivity contribution in [3.63, 3.8) is 0 Å². The first-order chi connectivity index (χ1) is 13.5. The molecular formula is C23H18Br2N2O. The molecule has 0 radical (unpaired) electrons. The number of benzene rings is 3. The van der Waals surface area contributed by atoms with Crippen molar-refractivity contribution < 1.29 is 0 Å². The minimum Gasteiger partial charge on any atom is -0.264 e. The van der Waals surface area contributed by atoms with Crippen LogP contribution in [0.25, 0.3) is 22.6 Å². The van der Waals surface area contributed by atoms with Crippen LogP contribution < -0.4 is 5.69 Å². The molecule has 0 bridgehead atoms. The van der Waals surface area contributed by atoms with Gasteiger partial charge < -0.3 is 0 Å². The number of hydrogen-bond donors (Lipinski definition) is 0. The number of nitrogens with zero attached hydrogens (tertiary/aromatic N) is 2. The predicted octanol–water partition coefficient (Wildman–Crippen LogP) is 6.44. The van der Waals surface area contributed by atoms with E-state index in [0.717, 1.165) is 42.8 Å². The van der Waals surface area contributed by atoms with E-state index in [9.17, 15) is 4.79 Å². The fourth-order valence-corrected chi connectivity index (χ4v) is 3.99. The highest BCUT2D eigenvalue weighted by atomic mass is 79.9. The number of hydrogen-bond acceptors (Lipinski definition) is 1. The molecule has 1 aromatic heterocycles. The third-order valence-corrected chi connectivity index (χ3v) is 5.80. The monoisotopic (exact) mass is 496 g/mol. The molecule has 0 aliphatic carbocycles.